The maximum absolute atomic E-state index is 5.55. The lowest BCUT2D eigenvalue weighted by Crippen LogP contribution is -2.03. The third kappa shape index (κ3) is 11.2. The minimum absolute atomic E-state index is 0. The second-order valence-electron chi connectivity index (χ2n) is 5.38. The molecule has 0 fully saturated rings. The summed E-state index contributed by atoms with van der Waals surface area (Å²) < 4.78 is 26.9. The van der Waals surface area contributed by atoms with Gasteiger partial charge in [-0.05, 0) is 62.4 Å². The number of rotatable bonds is 11. The largest absolute Gasteiger partial charge is 0.344 e. The standard InChI is InChI=1S/C12H10.C8H20O5P2S2.H3N/c1-3-7-11(8-4-1)12-9-5-2-6-10-12;1-5-9-14(16,10-6-2)13-15(17,11-7-3)12-8-4;/h1-10H;5-8H2,1-4H3;1H3. The van der Waals surface area contributed by atoms with Crippen LogP contribution in [0.3, 0.4) is 0 Å². The molecule has 0 atom stereocenters. The first kappa shape index (κ1) is 29.5. The summed E-state index contributed by atoms with van der Waals surface area (Å²) in [5.74, 6) is 0. The molecule has 0 radical (unpaired) electrons. The van der Waals surface area contributed by atoms with E-state index in [1.54, 1.807) is 0 Å². The van der Waals surface area contributed by atoms with Gasteiger partial charge < -0.3 is 24.2 Å². The summed E-state index contributed by atoms with van der Waals surface area (Å²) in [6.45, 7) is 3.09. The Bertz CT molecular complexity index is 696. The van der Waals surface area contributed by atoms with Crippen molar-refractivity contribution in [1.82, 2.24) is 6.15 Å². The highest BCUT2D eigenvalue weighted by Crippen LogP contribution is 2.66. The van der Waals surface area contributed by atoms with Crippen molar-refractivity contribution < 1.29 is 22.4 Å². The first-order valence-electron chi connectivity index (χ1n) is 9.52. The van der Waals surface area contributed by atoms with Gasteiger partial charge >= 0.3 is 13.4 Å². The van der Waals surface area contributed by atoms with Gasteiger partial charge in [0.2, 0.25) is 0 Å². The molecule has 0 amide bonds. The molecule has 170 valence electrons. The van der Waals surface area contributed by atoms with E-state index in [4.69, 9.17) is 46.0 Å². The molecule has 0 spiro atoms. The van der Waals surface area contributed by atoms with Crippen LogP contribution in [0.2, 0.25) is 0 Å². The predicted octanol–water partition coefficient (Wildman–Crippen LogP) is 7.11. The van der Waals surface area contributed by atoms with Crippen LogP contribution in [0.4, 0.5) is 0 Å². The number of hydrogen-bond acceptors (Lipinski definition) is 8. The van der Waals surface area contributed by atoms with E-state index in [-0.39, 0.29) is 6.15 Å². The Morgan fingerprint density at radius 3 is 1.07 bits per heavy atom. The second-order valence-corrected chi connectivity index (χ2v) is 11.5. The summed E-state index contributed by atoms with van der Waals surface area (Å²) in [6.07, 6.45) is 0. The smallest absolute Gasteiger partial charge is 0.334 e. The highest BCUT2D eigenvalue weighted by Gasteiger charge is 2.31. The van der Waals surface area contributed by atoms with Crippen molar-refractivity contribution in [2.24, 2.45) is 0 Å². The second kappa shape index (κ2) is 16.2. The van der Waals surface area contributed by atoms with E-state index >= 15 is 0 Å². The van der Waals surface area contributed by atoms with Gasteiger partial charge in [-0.2, -0.15) is 0 Å². The van der Waals surface area contributed by atoms with Crippen LogP contribution in [-0.4, -0.2) is 26.4 Å². The van der Waals surface area contributed by atoms with Crippen LogP contribution >= 0.6 is 13.4 Å². The van der Waals surface area contributed by atoms with E-state index in [1.165, 1.54) is 11.1 Å². The van der Waals surface area contributed by atoms with Gasteiger partial charge in [0.15, 0.2) is 0 Å². The highest BCUT2D eigenvalue weighted by molar-refractivity contribution is 8.14. The molecule has 0 saturated carbocycles. The predicted molar refractivity (Wildman–Crippen MR) is 133 cm³/mol. The van der Waals surface area contributed by atoms with E-state index in [1.807, 2.05) is 39.8 Å². The van der Waals surface area contributed by atoms with Gasteiger partial charge in [0, 0.05) is 0 Å². The molecule has 2 rings (SSSR count). The lowest BCUT2D eigenvalue weighted by Gasteiger charge is -2.27. The van der Waals surface area contributed by atoms with Crippen LogP contribution in [0.1, 0.15) is 27.7 Å². The zero-order valence-corrected chi connectivity index (χ0v) is 21.5. The van der Waals surface area contributed by atoms with Gasteiger partial charge in [0.1, 0.15) is 0 Å². The fourth-order valence-electron chi connectivity index (χ4n) is 2.18. The van der Waals surface area contributed by atoms with Gasteiger partial charge in [0.25, 0.3) is 0 Å². The molecule has 2 aromatic rings. The molecule has 0 aromatic heterocycles. The van der Waals surface area contributed by atoms with Gasteiger partial charge in [-0.1, -0.05) is 60.7 Å². The van der Waals surface area contributed by atoms with Crippen molar-refractivity contribution in [2.45, 2.75) is 27.7 Å². The van der Waals surface area contributed by atoms with Gasteiger partial charge in [0.05, 0.1) is 26.4 Å². The summed E-state index contributed by atoms with van der Waals surface area (Å²) >= 11 is 10.4. The van der Waals surface area contributed by atoms with Crippen LogP contribution in [0, 0.1) is 0 Å². The van der Waals surface area contributed by atoms with Gasteiger partial charge in [-0.25, -0.2) is 4.31 Å². The molecule has 30 heavy (non-hydrogen) atoms. The fraction of sp³-hybridized carbons (Fsp3) is 0.400. The summed E-state index contributed by atoms with van der Waals surface area (Å²) in [5.41, 5.74) is 2.55. The minimum atomic E-state index is -2.87. The van der Waals surface area contributed by atoms with Crippen molar-refractivity contribution in [3.63, 3.8) is 0 Å². The molecule has 3 N–H and O–H groups in total. The lowest BCUT2D eigenvalue weighted by molar-refractivity contribution is 0.176. The molecule has 0 bridgehead atoms. The molecular weight excluding hydrogens is 460 g/mol. The Hall–Kier alpha value is -0.500. The zero-order valence-electron chi connectivity index (χ0n) is 18.1. The van der Waals surface area contributed by atoms with Crippen LogP contribution in [-0.2, 0) is 46.0 Å². The Morgan fingerprint density at radius 1 is 0.567 bits per heavy atom. The maximum Gasteiger partial charge on any atom is 0.334 e. The molecule has 2 aromatic carbocycles. The monoisotopic (exact) mass is 493 g/mol. The zero-order chi connectivity index (χ0) is 21.6. The van der Waals surface area contributed by atoms with Crippen molar-refractivity contribution in [3.8, 4) is 11.1 Å². The third-order valence-corrected chi connectivity index (χ3v) is 9.59. The first-order valence-corrected chi connectivity index (χ1v) is 14.6. The maximum atomic E-state index is 5.55. The third-order valence-electron chi connectivity index (χ3n) is 3.23. The van der Waals surface area contributed by atoms with E-state index in [2.05, 4.69) is 48.5 Å². The SMILES string of the molecule is CCOP(=S)(OCC)OP(=S)(OCC)OCC.N.c1ccc(-c2ccccc2)cc1. The Kier molecular flexibility index (Phi) is 15.9. The van der Waals surface area contributed by atoms with Gasteiger partial charge in [-0.15, -0.1) is 0 Å². The summed E-state index contributed by atoms with van der Waals surface area (Å²) in [5, 5.41) is 0. The Morgan fingerprint density at radius 2 is 0.833 bits per heavy atom. The summed E-state index contributed by atoms with van der Waals surface area (Å²) in [7, 11) is 0. The number of benzene rings is 2. The average molecular weight is 494 g/mol. The highest BCUT2D eigenvalue weighted by atomic mass is 32.5. The first-order chi connectivity index (χ1) is 13.9. The van der Waals surface area contributed by atoms with E-state index in [0.717, 1.165) is 0 Å². The Balaban J connectivity index is 0.000000566. The molecule has 0 heterocycles. The molecule has 0 aliphatic heterocycles. The van der Waals surface area contributed by atoms with Crippen molar-refractivity contribution >= 4 is 37.1 Å². The minimum Gasteiger partial charge on any atom is -0.344 e. The molecule has 0 unspecified atom stereocenters. The molecular formula is C20H33NO5P2S2. The molecule has 0 saturated heterocycles. The van der Waals surface area contributed by atoms with Crippen LogP contribution in [0.25, 0.3) is 11.1 Å². The lowest BCUT2D eigenvalue weighted by atomic mass is 10.1. The van der Waals surface area contributed by atoms with Crippen molar-refractivity contribution in [2.75, 3.05) is 26.4 Å². The van der Waals surface area contributed by atoms with Crippen LogP contribution in [0.5, 0.6) is 0 Å². The topological polar surface area (TPSA) is 81.2 Å². The van der Waals surface area contributed by atoms with Gasteiger partial charge in [-0.3, -0.25) is 0 Å². The van der Waals surface area contributed by atoms with E-state index < -0.39 is 13.4 Å². The number of hydrogen-bond donors (Lipinski definition) is 1. The average Bonchev–Trinajstić information content (AvgIpc) is 2.70. The molecule has 0 aliphatic rings. The Labute approximate surface area is 191 Å². The van der Waals surface area contributed by atoms with Crippen molar-refractivity contribution in [3.05, 3.63) is 60.7 Å². The fourth-order valence-corrected chi connectivity index (χ4v) is 8.56. The quantitative estimate of drug-likeness (QED) is 0.332. The van der Waals surface area contributed by atoms with Crippen LogP contribution < -0.4 is 6.15 Å². The molecule has 6 nitrogen and oxygen atoms in total. The molecule has 0 aliphatic carbocycles. The summed E-state index contributed by atoms with van der Waals surface area (Å²) in [4.78, 5) is 0. The van der Waals surface area contributed by atoms with Crippen molar-refractivity contribution in [1.29, 1.82) is 0 Å². The van der Waals surface area contributed by atoms with Crippen LogP contribution in [0.15, 0.2) is 60.7 Å². The van der Waals surface area contributed by atoms with E-state index in [9.17, 15) is 0 Å². The normalized spacial score (nSPS) is 11.2. The summed E-state index contributed by atoms with van der Waals surface area (Å²) in [6, 6.07) is 20.8. The molecule has 10 heteroatoms. The van der Waals surface area contributed by atoms with E-state index in [0.29, 0.717) is 26.4 Å².